The molecule has 6 heterocycles. The maximum absolute atomic E-state index is 13.9. The zero-order valence-corrected chi connectivity index (χ0v) is 29.9. The van der Waals surface area contributed by atoms with E-state index in [4.69, 9.17) is 4.74 Å². The van der Waals surface area contributed by atoms with Crippen molar-refractivity contribution in [2.75, 3.05) is 44.2 Å². The van der Waals surface area contributed by atoms with Gasteiger partial charge in [-0.2, -0.15) is 0 Å². The van der Waals surface area contributed by atoms with E-state index in [0.29, 0.717) is 29.0 Å². The van der Waals surface area contributed by atoms with E-state index in [1.54, 1.807) is 12.1 Å². The van der Waals surface area contributed by atoms with E-state index in [9.17, 15) is 19.2 Å². The Balaban J connectivity index is 1.16. The molecule has 3 fully saturated rings. The molecule has 1 N–H and O–H groups in total. The van der Waals surface area contributed by atoms with Crippen LogP contribution in [0.15, 0.2) is 71.5 Å². The number of esters is 1. The van der Waals surface area contributed by atoms with Gasteiger partial charge in [0.2, 0.25) is 0 Å². The number of hydrogen-bond acceptors (Lipinski definition) is 7. The highest BCUT2D eigenvalue weighted by Gasteiger charge is 2.60. The Bertz CT molecular complexity index is 1910. The lowest BCUT2D eigenvalue weighted by Gasteiger charge is -2.53. The molecule has 50 heavy (non-hydrogen) atoms. The quantitative estimate of drug-likeness (QED) is 0.276. The Morgan fingerprint density at radius 3 is 2.36 bits per heavy atom. The molecule has 2 atom stereocenters. The number of carbonyl (C=O) groups excluding carboxylic acids is 4. The van der Waals surface area contributed by atoms with Gasteiger partial charge in [-0.3, -0.25) is 24.2 Å². The zero-order chi connectivity index (χ0) is 34.4. The van der Waals surface area contributed by atoms with Crippen LogP contribution in [-0.4, -0.2) is 86.9 Å². The van der Waals surface area contributed by atoms with Crippen molar-refractivity contribution in [2.24, 2.45) is 11.8 Å². The van der Waals surface area contributed by atoms with E-state index >= 15 is 0 Å². The van der Waals surface area contributed by atoms with Gasteiger partial charge in [-0.15, -0.1) is 0 Å². The van der Waals surface area contributed by atoms with Gasteiger partial charge in [-0.1, -0.05) is 56.5 Å². The second-order valence-corrected chi connectivity index (χ2v) is 20.0. The number of benzene rings is 2. The predicted molar refractivity (Wildman–Crippen MR) is 193 cm³/mol. The monoisotopic (exact) mass is 688 g/mol. The van der Waals surface area contributed by atoms with Crippen LogP contribution in [0.2, 0.25) is 12.1 Å². The third-order valence-corrected chi connectivity index (χ3v) is 17.9. The van der Waals surface area contributed by atoms with Crippen LogP contribution in [0.25, 0.3) is 0 Å². The van der Waals surface area contributed by atoms with Crippen LogP contribution in [0, 0.1) is 11.8 Å². The van der Waals surface area contributed by atoms with Crippen molar-refractivity contribution in [1.82, 2.24) is 15.1 Å². The van der Waals surface area contributed by atoms with Crippen LogP contribution < -0.4 is 15.4 Å². The molecular weight excluding hydrogens is 645 g/mol. The van der Waals surface area contributed by atoms with Crippen LogP contribution in [0.1, 0.15) is 71.4 Å². The molecule has 9 nitrogen and oxygen atoms in total. The SMILES string of the molecule is CC1CN(c2ccc3c(c2)[Si]2(CCCCC2)C2=C(C=CC(N4CC(C)C4)C2)C32OC(=O)c3ccc(C(=O)NCCN4C(=O)C=CC4=O)cc32)C1. The molecule has 0 bridgehead atoms. The van der Waals surface area contributed by atoms with Crippen LogP contribution in [0.3, 0.4) is 0 Å². The highest BCUT2D eigenvalue weighted by atomic mass is 28.3. The van der Waals surface area contributed by atoms with Gasteiger partial charge in [-0.05, 0) is 65.9 Å². The van der Waals surface area contributed by atoms with E-state index in [2.05, 4.69) is 59.3 Å². The van der Waals surface area contributed by atoms with Gasteiger partial charge in [0.05, 0.1) is 5.56 Å². The lowest BCUT2D eigenvalue weighted by Crippen LogP contribution is -2.62. The number of amides is 3. The third kappa shape index (κ3) is 4.67. The minimum absolute atomic E-state index is 0.0864. The summed E-state index contributed by atoms with van der Waals surface area (Å²) in [6.45, 7) is 9.15. The molecule has 6 aliphatic heterocycles. The average molecular weight is 689 g/mol. The first-order valence-electron chi connectivity index (χ1n) is 18.4. The van der Waals surface area contributed by atoms with Gasteiger partial charge in [-0.25, -0.2) is 4.79 Å². The average Bonchev–Trinajstić information content (AvgIpc) is 3.58. The van der Waals surface area contributed by atoms with Gasteiger partial charge < -0.3 is 15.0 Å². The molecule has 3 amide bonds. The fourth-order valence-corrected chi connectivity index (χ4v) is 16.0. The number of fused-ring (bicyclic) bond motifs is 7. The minimum atomic E-state index is -2.20. The first-order valence-corrected chi connectivity index (χ1v) is 20.9. The summed E-state index contributed by atoms with van der Waals surface area (Å²) in [5, 5.41) is 5.84. The van der Waals surface area contributed by atoms with Crippen LogP contribution in [-0.2, 0) is 19.9 Å². The van der Waals surface area contributed by atoms with Crippen LogP contribution >= 0.6 is 0 Å². The normalized spacial score (nSPS) is 27.0. The molecule has 0 radical (unpaired) electrons. The van der Waals surface area contributed by atoms with Gasteiger partial charge >= 0.3 is 5.97 Å². The number of hydrogen-bond donors (Lipinski definition) is 1. The Morgan fingerprint density at radius 2 is 1.64 bits per heavy atom. The van der Waals surface area contributed by atoms with E-state index < -0.39 is 13.7 Å². The van der Waals surface area contributed by atoms with Crippen molar-refractivity contribution in [3.05, 3.63) is 93.7 Å². The molecule has 2 unspecified atom stereocenters. The molecule has 3 saturated heterocycles. The van der Waals surface area contributed by atoms with Gasteiger partial charge in [0.1, 0.15) is 8.07 Å². The second kappa shape index (κ2) is 11.6. The zero-order valence-electron chi connectivity index (χ0n) is 28.9. The largest absolute Gasteiger partial charge is 0.441 e. The van der Waals surface area contributed by atoms with Crippen LogP contribution in [0.4, 0.5) is 5.69 Å². The molecule has 2 aromatic rings. The Morgan fingerprint density at radius 1 is 0.900 bits per heavy atom. The summed E-state index contributed by atoms with van der Waals surface area (Å²) in [5.41, 5.74) is 3.96. The second-order valence-electron chi connectivity index (χ2n) is 15.7. The number of anilines is 1. The minimum Gasteiger partial charge on any atom is -0.441 e. The van der Waals surface area contributed by atoms with Gasteiger partial charge in [0, 0.05) is 85.4 Å². The predicted octanol–water partition coefficient (Wildman–Crippen LogP) is 4.18. The smallest absolute Gasteiger partial charge is 0.340 e. The molecular formula is C40H44N4O5Si. The molecule has 10 heteroatoms. The van der Waals surface area contributed by atoms with E-state index in [1.165, 1.54) is 59.6 Å². The molecule has 0 aromatic heterocycles. The van der Waals surface area contributed by atoms with Crippen molar-refractivity contribution in [1.29, 1.82) is 0 Å². The maximum Gasteiger partial charge on any atom is 0.340 e. The highest BCUT2D eigenvalue weighted by molar-refractivity contribution is 6.98. The van der Waals surface area contributed by atoms with Crippen molar-refractivity contribution < 1.29 is 23.9 Å². The summed E-state index contributed by atoms with van der Waals surface area (Å²) >= 11 is 0. The first-order chi connectivity index (χ1) is 24.2. The van der Waals surface area contributed by atoms with Gasteiger partial charge in [0.25, 0.3) is 17.7 Å². The standard InChI is InChI=1S/C40H44N4O5Si/c1-25-21-42(22-25)28-7-10-31-34(19-28)50(16-4-3-5-17-50)35-20-29(43-23-26(2)24-43)8-11-32(35)40(31)33-18-27(6-9-30(33)39(48)49-40)38(47)41-14-15-44-36(45)12-13-37(44)46/h6-13,18-19,25-26,29H,3-5,14-17,20-24H2,1-2H3,(H,41,47). The number of nitrogens with one attached hydrogen (secondary N) is 1. The summed E-state index contributed by atoms with van der Waals surface area (Å²) in [5.74, 6) is -0.0621. The topological polar surface area (TPSA) is 99.3 Å². The van der Waals surface area contributed by atoms with Crippen molar-refractivity contribution in [2.45, 2.75) is 63.3 Å². The Hall–Kier alpha value is -4.28. The number of imide groups is 1. The molecule has 9 rings (SSSR count). The lowest BCUT2D eigenvalue weighted by molar-refractivity contribution is -0.136. The summed E-state index contributed by atoms with van der Waals surface area (Å²) in [6, 6.07) is 15.0. The summed E-state index contributed by atoms with van der Waals surface area (Å²) in [7, 11) is -2.20. The van der Waals surface area contributed by atoms with Crippen molar-refractivity contribution in [3.8, 4) is 0 Å². The lowest BCUT2D eigenvalue weighted by atomic mass is 9.76. The van der Waals surface area contributed by atoms with E-state index in [0.717, 1.165) is 54.2 Å². The third-order valence-electron chi connectivity index (χ3n) is 12.4. The highest BCUT2D eigenvalue weighted by Crippen LogP contribution is 2.56. The molecule has 2 aromatic carbocycles. The fraction of sp³-hybridized carbons (Fsp3) is 0.450. The Labute approximate surface area is 294 Å². The first kappa shape index (κ1) is 31.7. The van der Waals surface area contributed by atoms with Crippen molar-refractivity contribution >= 4 is 42.6 Å². The molecule has 0 saturated carbocycles. The summed E-state index contributed by atoms with van der Waals surface area (Å²) < 4.78 is 6.73. The van der Waals surface area contributed by atoms with Crippen molar-refractivity contribution in [3.63, 3.8) is 0 Å². The number of nitrogens with zero attached hydrogens (tertiary/aromatic N) is 3. The maximum atomic E-state index is 13.9. The molecule has 258 valence electrons. The molecule has 7 aliphatic rings. The van der Waals surface area contributed by atoms with E-state index in [1.807, 2.05) is 6.07 Å². The fourth-order valence-electron chi connectivity index (χ4n) is 9.96. The summed E-state index contributed by atoms with van der Waals surface area (Å²) in [6.07, 6.45) is 11.8. The van der Waals surface area contributed by atoms with Gasteiger partial charge in [0.15, 0.2) is 5.60 Å². The number of ether oxygens (including phenoxy) is 1. The number of likely N-dealkylation sites (tertiary alicyclic amines) is 1. The number of carbonyl (C=O) groups is 4. The molecule has 2 spiro atoms. The van der Waals surface area contributed by atoms with Crippen LogP contribution in [0.5, 0.6) is 0 Å². The Kier molecular flexibility index (Phi) is 7.37. The summed E-state index contributed by atoms with van der Waals surface area (Å²) in [4.78, 5) is 57.8. The molecule has 1 aliphatic carbocycles. The van der Waals surface area contributed by atoms with E-state index in [-0.39, 0.29) is 36.8 Å². The number of rotatable bonds is 6.